The first-order valence-corrected chi connectivity index (χ1v) is 15.5. The summed E-state index contributed by atoms with van der Waals surface area (Å²) in [6, 6.07) is 1.74. The molecule has 0 radical (unpaired) electrons. The van der Waals surface area contributed by atoms with Crippen LogP contribution in [0.4, 0.5) is 0 Å². The van der Waals surface area contributed by atoms with Crippen LogP contribution in [0.25, 0.3) is 0 Å². The molecule has 0 spiro atoms. The summed E-state index contributed by atoms with van der Waals surface area (Å²) in [5.74, 6) is 0.973. The number of nitriles is 1. The van der Waals surface area contributed by atoms with Gasteiger partial charge in [-0.2, -0.15) is 5.26 Å². The summed E-state index contributed by atoms with van der Waals surface area (Å²) in [5.41, 5.74) is 4.44. The molecule has 6 atom stereocenters. The van der Waals surface area contributed by atoms with Crippen molar-refractivity contribution in [1.82, 2.24) is 20.4 Å². The highest BCUT2D eigenvalue weighted by atomic mass is 16.7. The molecule has 2 amide bonds. The molecular weight excluding hydrogens is 578 g/mol. The van der Waals surface area contributed by atoms with Crippen LogP contribution in [0.15, 0.2) is 6.07 Å². The number of hydrogen-bond acceptors (Lipinski definition) is 10. The van der Waals surface area contributed by atoms with E-state index >= 15 is 0 Å². The van der Waals surface area contributed by atoms with Gasteiger partial charge in [0.05, 0.1) is 25.3 Å². The maximum Gasteiger partial charge on any atom is 0.242 e. The number of piperazine rings is 1. The summed E-state index contributed by atoms with van der Waals surface area (Å²) in [4.78, 5) is 29.8. The Balaban J connectivity index is 1.48. The van der Waals surface area contributed by atoms with Gasteiger partial charge in [-0.25, -0.2) is 0 Å². The van der Waals surface area contributed by atoms with Crippen LogP contribution < -0.4 is 24.8 Å². The quantitative estimate of drug-likeness (QED) is 0.363. The van der Waals surface area contributed by atoms with Crippen LogP contribution in [0, 0.1) is 25.2 Å². The summed E-state index contributed by atoms with van der Waals surface area (Å²) >= 11 is 0. The fourth-order valence-electron chi connectivity index (χ4n) is 8.00. The zero-order chi connectivity index (χ0) is 32.3. The van der Waals surface area contributed by atoms with Crippen molar-refractivity contribution in [3.8, 4) is 34.8 Å². The van der Waals surface area contributed by atoms with Crippen molar-refractivity contribution in [1.29, 1.82) is 5.26 Å². The second-order valence-corrected chi connectivity index (χ2v) is 12.6. The zero-order valence-corrected chi connectivity index (χ0v) is 26.6. The van der Waals surface area contributed by atoms with Crippen molar-refractivity contribution in [3.63, 3.8) is 0 Å². The van der Waals surface area contributed by atoms with Crippen LogP contribution in [0.5, 0.6) is 28.7 Å². The standard InChI is InChI=1S/C33H41N5O7/c1-7-8-24(39)36-17(4)33(42)35-13-23-26-19(28(40)16(3)31-32(26)45-14-44-31)11-21-27-25-18(9-15(2)30(43-6)29(25)41)10-20(37(27)5)22(12-34)38(21)23/h9,17,20-23,27,40-41H,7-8,10-11,13-14H2,1-6H3,(H,35,42)(H,36,39)/t17-,20-,21?,22-,23-,27-/m0/s1. The molecule has 2 bridgehead atoms. The van der Waals surface area contributed by atoms with E-state index in [0.717, 1.165) is 16.7 Å². The van der Waals surface area contributed by atoms with Crippen molar-refractivity contribution < 1.29 is 34.0 Å². The number of ether oxygens (including phenoxy) is 3. The molecule has 0 saturated carbocycles. The smallest absolute Gasteiger partial charge is 0.242 e. The van der Waals surface area contributed by atoms with E-state index in [4.69, 9.17) is 14.2 Å². The molecule has 4 N–H and O–H groups in total. The minimum atomic E-state index is -0.766. The Morgan fingerprint density at radius 3 is 2.58 bits per heavy atom. The van der Waals surface area contributed by atoms with Crippen molar-refractivity contribution in [3.05, 3.63) is 39.4 Å². The van der Waals surface area contributed by atoms with Crippen molar-refractivity contribution in [2.75, 3.05) is 27.5 Å². The summed E-state index contributed by atoms with van der Waals surface area (Å²) in [5, 5.41) is 39.7. The van der Waals surface area contributed by atoms with Crippen LogP contribution in [-0.2, 0) is 22.4 Å². The number of fused-ring (bicyclic) bond motifs is 9. The van der Waals surface area contributed by atoms with Crippen LogP contribution in [0.1, 0.15) is 72.2 Å². The van der Waals surface area contributed by atoms with Crippen molar-refractivity contribution in [2.45, 2.75) is 89.6 Å². The Hall–Kier alpha value is -4.21. The average Bonchev–Trinajstić information content (AvgIpc) is 3.49. The normalized spacial score (nSPS) is 25.3. The fraction of sp³-hybridized carbons (Fsp3) is 0.545. The predicted octanol–water partition coefficient (Wildman–Crippen LogP) is 2.64. The van der Waals surface area contributed by atoms with E-state index in [2.05, 4.69) is 26.5 Å². The van der Waals surface area contributed by atoms with E-state index in [1.54, 1.807) is 13.8 Å². The number of methoxy groups -OCH3 is 1. The number of nitrogens with one attached hydrogen (secondary N) is 2. The van der Waals surface area contributed by atoms with Gasteiger partial charge in [-0.3, -0.25) is 19.4 Å². The molecule has 45 heavy (non-hydrogen) atoms. The van der Waals surface area contributed by atoms with Crippen molar-refractivity contribution in [2.24, 2.45) is 0 Å². The molecule has 0 aliphatic carbocycles. The van der Waals surface area contributed by atoms with Crippen LogP contribution in [-0.4, -0.2) is 83.5 Å². The fourth-order valence-corrected chi connectivity index (χ4v) is 8.00. The lowest BCUT2D eigenvalue weighted by Gasteiger charge is -2.60. The number of phenols is 2. The summed E-state index contributed by atoms with van der Waals surface area (Å²) in [6.07, 6.45) is 1.89. The molecule has 2 aromatic carbocycles. The number of likely N-dealkylation sites (N-methyl/N-ethyl adjacent to an activating group) is 1. The molecule has 0 aromatic heterocycles. The maximum atomic E-state index is 13.3. The van der Waals surface area contributed by atoms with Gasteiger partial charge in [-0.1, -0.05) is 13.0 Å². The maximum absolute atomic E-state index is 13.3. The first-order valence-electron chi connectivity index (χ1n) is 15.5. The van der Waals surface area contributed by atoms with Gasteiger partial charge >= 0.3 is 0 Å². The Morgan fingerprint density at radius 1 is 1.16 bits per heavy atom. The number of benzene rings is 2. The van der Waals surface area contributed by atoms with E-state index in [-0.39, 0.29) is 54.8 Å². The highest BCUT2D eigenvalue weighted by Gasteiger charge is 2.56. The summed E-state index contributed by atoms with van der Waals surface area (Å²) in [6.45, 7) is 7.29. The highest BCUT2D eigenvalue weighted by Crippen LogP contribution is 2.58. The molecule has 12 heteroatoms. The first kappa shape index (κ1) is 30.8. The first-order chi connectivity index (χ1) is 21.5. The van der Waals surface area contributed by atoms with Gasteiger partial charge < -0.3 is 35.1 Å². The van der Waals surface area contributed by atoms with Gasteiger partial charge in [0.15, 0.2) is 23.0 Å². The third-order valence-corrected chi connectivity index (χ3v) is 10.0. The zero-order valence-electron chi connectivity index (χ0n) is 26.6. The van der Waals surface area contributed by atoms with Gasteiger partial charge in [0.1, 0.15) is 17.8 Å². The van der Waals surface area contributed by atoms with Gasteiger partial charge in [-0.15, -0.1) is 0 Å². The number of nitrogens with zero attached hydrogens (tertiary/aromatic N) is 3. The number of aryl methyl sites for hydroxylation is 1. The van der Waals surface area contributed by atoms with Gasteiger partial charge in [-0.05, 0) is 58.2 Å². The van der Waals surface area contributed by atoms with Gasteiger partial charge in [0.2, 0.25) is 18.6 Å². The lowest BCUT2D eigenvalue weighted by molar-refractivity contribution is -0.129. The lowest BCUT2D eigenvalue weighted by atomic mass is 9.71. The largest absolute Gasteiger partial charge is 0.507 e. The van der Waals surface area contributed by atoms with Gasteiger partial charge in [0, 0.05) is 47.3 Å². The van der Waals surface area contributed by atoms with Crippen LogP contribution in [0.2, 0.25) is 0 Å². The average molecular weight is 620 g/mol. The van der Waals surface area contributed by atoms with Crippen molar-refractivity contribution >= 4 is 11.8 Å². The third kappa shape index (κ3) is 4.71. The molecule has 1 fully saturated rings. The second kappa shape index (κ2) is 11.6. The van der Waals surface area contributed by atoms with Crippen LogP contribution in [0.3, 0.4) is 0 Å². The highest BCUT2D eigenvalue weighted by molar-refractivity contribution is 5.87. The Morgan fingerprint density at radius 2 is 1.89 bits per heavy atom. The molecule has 12 nitrogen and oxygen atoms in total. The van der Waals surface area contributed by atoms with E-state index < -0.39 is 18.1 Å². The SMILES string of the molecule is CCCC(=O)N[C@@H](C)C(=O)NC[C@H]1c2c(c(O)c(C)c3c2OCO3)CC2[C@H]3c4c(cc(C)c(OC)c4O)C[C@@H]([C@H](C#N)N21)N3C. The topological polar surface area (TPSA) is 157 Å². The van der Waals surface area contributed by atoms with Crippen LogP contribution >= 0.6 is 0 Å². The molecule has 1 saturated heterocycles. The minimum Gasteiger partial charge on any atom is -0.507 e. The number of hydrogen-bond donors (Lipinski definition) is 4. The molecule has 2 aromatic rings. The number of carbonyl (C=O) groups is 2. The number of carbonyl (C=O) groups excluding carboxylic acids is 2. The molecule has 4 aliphatic rings. The number of rotatable bonds is 7. The Kier molecular flexibility index (Phi) is 7.95. The molecular formula is C33H41N5O7. The predicted molar refractivity (Wildman–Crippen MR) is 163 cm³/mol. The molecule has 6 rings (SSSR count). The number of phenolic OH excluding ortho intramolecular Hbond substituents is 2. The molecule has 240 valence electrons. The Bertz CT molecular complexity index is 1600. The van der Waals surface area contributed by atoms with E-state index in [0.29, 0.717) is 59.6 Å². The lowest BCUT2D eigenvalue weighted by Crippen LogP contribution is -2.68. The molecule has 4 heterocycles. The number of amides is 2. The van der Waals surface area contributed by atoms with Gasteiger partial charge in [0.25, 0.3) is 0 Å². The summed E-state index contributed by atoms with van der Waals surface area (Å²) < 4.78 is 17.4. The Labute approximate surface area is 262 Å². The summed E-state index contributed by atoms with van der Waals surface area (Å²) in [7, 11) is 3.51. The molecule has 1 unspecified atom stereocenters. The second-order valence-electron chi connectivity index (χ2n) is 12.6. The minimum absolute atomic E-state index is 0.00880. The third-order valence-electron chi connectivity index (χ3n) is 10.0. The van der Waals surface area contributed by atoms with E-state index in [1.807, 2.05) is 27.0 Å². The molecule has 4 aliphatic heterocycles. The number of aromatic hydroxyl groups is 2. The monoisotopic (exact) mass is 619 g/mol. The van der Waals surface area contributed by atoms with E-state index in [9.17, 15) is 25.1 Å². The van der Waals surface area contributed by atoms with E-state index in [1.165, 1.54) is 7.11 Å².